The molecule has 1 unspecified atom stereocenters. The maximum absolute atomic E-state index is 12.5. The van der Waals surface area contributed by atoms with Crippen LogP contribution in [0.25, 0.3) is 0 Å². The number of nitrogens with one attached hydrogen (secondary N) is 1. The van der Waals surface area contributed by atoms with Crippen molar-refractivity contribution in [1.29, 1.82) is 0 Å². The van der Waals surface area contributed by atoms with Gasteiger partial charge in [-0.3, -0.25) is 4.79 Å². The molecule has 0 spiro atoms. The highest BCUT2D eigenvalue weighted by molar-refractivity contribution is 5.94. The van der Waals surface area contributed by atoms with Crippen molar-refractivity contribution in [3.8, 4) is 0 Å². The van der Waals surface area contributed by atoms with Crippen molar-refractivity contribution in [1.82, 2.24) is 4.90 Å². The van der Waals surface area contributed by atoms with Crippen LogP contribution in [0.15, 0.2) is 24.3 Å². The highest BCUT2D eigenvalue weighted by Gasteiger charge is 2.23. The number of nitrogens with zero attached hydrogens (tertiary/aromatic N) is 1. The number of carbonyl (C=O) groups excluding carboxylic acids is 1. The highest BCUT2D eigenvalue weighted by atomic mass is 16.2. The van der Waals surface area contributed by atoms with Crippen molar-refractivity contribution in [2.45, 2.75) is 46.1 Å². The summed E-state index contributed by atoms with van der Waals surface area (Å²) < 4.78 is 0. The van der Waals surface area contributed by atoms with E-state index in [1.54, 1.807) is 0 Å². The van der Waals surface area contributed by atoms with Gasteiger partial charge in [-0.1, -0.05) is 13.8 Å². The van der Waals surface area contributed by atoms with Crippen molar-refractivity contribution in [3.05, 3.63) is 29.8 Å². The van der Waals surface area contributed by atoms with E-state index in [1.807, 2.05) is 29.2 Å². The molecule has 1 aromatic carbocycles. The summed E-state index contributed by atoms with van der Waals surface area (Å²) in [7, 11) is 0. The van der Waals surface area contributed by atoms with Crippen molar-refractivity contribution in [3.63, 3.8) is 0 Å². The molecule has 20 heavy (non-hydrogen) atoms. The summed E-state index contributed by atoms with van der Waals surface area (Å²) in [6, 6.07) is 8.25. The Labute approximate surface area is 122 Å². The molecule has 2 rings (SSSR count). The number of piperidine rings is 1. The summed E-state index contributed by atoms with van der Waals surface area (Å²) in [6.45, 7) is 8.37. The van der Waals surface area contributed by atoms with Gasteiger partial charge in [-0.25, -0.2) is 0 Å². The minimum Gasteiger partial charge on any atom is -0.385 e. The fourth-order valence-electron chi connectivity index (χ4n) is 2.62. The third-order valence-electron chi connectivity index (χ3n) is 3.91. The SMILES string of the molecule is CC(C)CNc1ccc(C(=O)N2CCCCC2C)cc1. The van der Waals surface area contributed by atoms with Gasteiger partial charge in [-0.2, -0.15) is 0 Å². The van der Waals surface area contributed by atoms with E-state index in [-0.39, 0.29) is 5.91 Å². The summed E-state index contributed by atoms with van der Waals surface area (Å²) in [5.41, 5.74) is 1.88. The summed E-state index contributed by atoms with van der Waals surface area (Å²) in [4.78, 5) is 14.5. The van der Waals surface area contributed by atoms with E-state index < -0.39 is 0 Å². The van der Waals surface area contributed by atoms with E-state index in [0.717, 1.165) is 37.2 Å². The predicted molar refractivity (Wildman–Crippen MR) is 84.1 cm³/mol. The molecular weight excluding hydrogens is 248 g/mol. The summed E-state index contributed by atoms with van der Waals surface area (Å²) in [6.07, 6.45) is 3.49. The van der Waals surface area contributed by atoms with Gasteiger partial charge in [-0.15, -0.1) is 0 Å². The molecule has 3 heteroatoms. The van der Waals surface area contributed by atoms with Gasteiger partial charge in [0, 0.05) is 30.4 Å². The second kappa shape index (κ2) is 6.78. The van der Waals surface area contributed by atoms with Crippen molar-refractivity contribution >= 4 is 11.6 Å². The van der Waals surface area contributed by atoms with Gasteiger partial charge in [0.2, 0.25) is 0 Å². The Kier molecular flexibility index (Phi) is 5.05. The predicted octanol–water partition coefficient (Wildman–Crippen LogP) is 3.77. The molecular formula is C17H26N2O. The Bertz CT molecular complexity index is 439. The van der Waals surface area contributed by atoms with Crippen LogP contribution in [0.5, 0.6) is 0 Å². The molecule has 3 nitrogen and oxygen atoms in total. The van der Waals surface area contributed by atoms with E-state index in [2.05, 4.69) is 26.1 Å². The van der Waals surface area contributed by atoms with Gasteiger partial charge >= 0.3 is 0 Å². The summed E-state index contributed by atoms with van der Waals surface area (Å²) >= 11 is 0. The second-order valence-corrected chi connectivity index (χ2v) is 6.20. The van der Waals surface area contributed by atoms with Crippen LogP contribution in [-0.2, 0) is 0 Å². The van der Waals surface area contributed by atoms with Crippen molar-refractivity contribution in [2.75, 3.05) is 18.4 Å². The fraction of sp³-hybridized carbons (Fsp3) is 0.588. The van der Waals surface area contributed by atoms with Crippen LogP contribution >= 0.6 is 0 Å². The molecule has 1 fully saturated rings. The monoisotopic (exact) mass is 274 g/mol. The standard InChI is InChI=1S/C17H26N2O/c1-13(2)12-18-16-9-7-15(8-10-16)17(20)19-11-5-4-6-14(19)3/h7-10,13-14,18H,4-6,11-12H2,1-3H3. The first-order valence-corrected chi connectivity index (χ1v) is 7.73. The Morgan fingerprint density at radius 3 is 2.60 bits per heavy atom. The molecule has 0 aromatic heterocycles. The van der Waals surface area contributed by atoms with E-state index in [9.17, 15) is 4.79 Å². The first kappa shape index (κ1) is 14.9. The average molecular weight is 274 g/mol. The maximum Gasteiger partial charge on any atom is 0.254 e. The molecule has 1 aliphatic heterocycles. The molecule has 1 saturated heterocycles. The third kappa shape index (κ3) is 3.75. The largest absolute Gasteiger partial charge is 0.385 e. The van der Waals surface area contributed by atoms with Gasteiger partial charge in [0.25, 0.3) is 5.91 Å². The zero-order valence-corrected chi connectivity index (χ0v) is 12.9. The van der Waals surface area contributed by atoms with Crippen molar-refractivity contribution < 1.29 is 4.79 Å². The lowest BCUT2D eigenvalue weighted by Crippen LogP contribution is -2.41. The quantitative estimate of drug-likeness (QED) is 0.906. The number of hydrogen-bond donors (Lipinski definition) is 1. The number of rotatable bonds is 4. The summed E-state index contributed by atoms with van der Waals surface area (Å²) in [5.74, 6) is 0.790. The van der Waals surface area contributed by atoms with E-state index in [1.165, 1.54) is 6.42 Å². The Balaban J connectivity index is 2.00. The minimum atomic E-state index is 0.174. The highest BCUT2D eigenvalue weighted by Crippen LogP contribution is 2.20. The lowest BCUT2D eigenvalue weighted by molar-refractivity contribution is 0.0635. The van der Waals surface area contributed by atoms with Gasteiger partial charge in [-0.05, 0) is 56.4 Å². The van der Waals surface area contributed by atoms with E-state index in [4.69, 9.17) is 0 Å². The van der Waals surface area contributed by atoms with Gasteiger partial charge < -0.3 is 10.2 Å². The number of anilines is 1. The van der Waals surface area contributed by atoms with Crippen LogP contribution in [-0.4, -0.2) is 29.9 Å². The molecule has 0 saturated carbocycles. The van der Waals surface area contributed by atoms with Crippen LogP contribution in [0.1, 0.15) is 50.4 Å². The van der Waals surface area contributed by atoms with E-state index >= 15 is 0 Å². The molecule has 1 amide bonds. The molecule has 1 atom stereocenters. The zero-order valence-electron chi connectivity index (χ0n) is 12.9. The fourth-order valence-corrected chi connectivity index (χ4v) is 2.62. The third-order valence-corrected chi connectivity index (χ3v) is 3.91. The molecule has 0 radical (unpaired) electrons. The Morgan fingerprint density at radius 2 is 2.00 bits per heavy atom. The molecule has 1 N–H and O–H groups in total. The first-order chi connectivity index (χ1) is 9.58. The van der Waals surface area contributed by atoms with Gasteiger partial charge in [0.15, 0.2) is 0 Å². The lowest BCUT2D eigenvalue weighted by Gasteiger charge is -2.33. The molecule has 0 aliphatic carbocycles. The van der Waals surface area contributed by atoms with Crippen LogP contribution in [0.2, 0.25) is 0 Å². The van der Waals surface area contributed by atoms with E-state index in [0.29, 0.717) is 12.0 Å². The van der Waals surface area contributed by atoms with Gasteiger partial charge in [0.05, 0.1) is 0 Å². The molecule has 1 aliphatic rings. The topological polar surface area (TPSA) is 32.3 Å². The first-order valence-electron chi connectivity index (χ1n) is 7.73. The Hall–Kier alpha value is -1.51. The van der Waals surface area contributed by atoms with Crippen LogP contribution < -0.4 is 5.32 Å². The summed E-state index contributed by atoms with van der Waals surface area (Å²) in [5, 5.41) is 3.37. The molecule has 1 heterocycles. The second-order valence-electron chi connectivity index (χ2n) is 6.20. The molecule has 110 valence electrons. The maximum atomic E-state index is 12.5. The van der Waals surface area contributed by atoms with Crippen LogP contribution in [0, 0.1) is 5.92 Å². The number of likely N-dealkylation sites (tertiary alicyclic amines) is 1. The van der Waals surface area contributed by atoms with Crippen LogP contribution in [0.4, 0.5) is 5.69 Å². The minimum absolute atomic E-state index is 0.174. The van der Waals surface area contributed by atoms with Gasteiger partial charge in [0.1, 0.15) is 0 Å². The number of hydrogen-bond acceptors (Lipinski definition) is 2. The smallest absolute Gasteiger partial charge is 0.254 e. The number of benzene rings is 1. The lowest BCUT2D eigenvalue weighted by atomic mass is 10.0. The Morgan fingerprint density at radius 1 is 1.30 bits per heavy atom. The molecule has 0 bridgehead atoms. The normalized spacial score (nSPS) is 19.2. The molecule has 1 aromatic rings. The number of amides is 1. The number of carbonyl (C=O) groups is 1. The van der Waals surface area contributed by atoms with Crippen LogP contribution in [0.3, 0.4) is 0 Å². The average Bonchev–Trinajstić information content (AvgIpc) is 2.45. The zero-order chi connectivity index (χ0) is 14.5. The van der Waals surface area contributed by atoms with Crippen molar-refractivity contribution in [2.24, 2.45) is 5.92 Å².